The molecule has 1 unspecified atom stereocenters. The molecule has 1 aromatic heterocycles. The van der Waals surface area contributed by atoms with Crippen LogP contribution in [0.1, 0.15) is 26.3 Å². The molecule has 0 aromatic carbocycles. The average Bonchev–Trinajstić information content (AvgIpc) is 2.41. The summed E-state index contributed by atoms with van der Waals surface area (Å²) in [5.41, 5.74) is 0.553. The summed E-state index contributed by atoms with van der Waals surface area (Å²) in [6.45, 7) is 5.96. The number of carbonyl (C=O) groups excluding carboxylic acids is 2. The van der Waals surface area contributed by atoms with Crippen LogP contribution in [0.3, 0.4) is 0 Å². The van der Waals surface area contributed by atoms with Crippen LogP contribution in [-0.4, -0.2) is 35.6 Å². The molecule has 0 aliphatic heterocycles. The van der Waals surface area contributed by atoms with E-state index in [1.54, 1.807) is 31.6 Å². The van der Waals surface area contributed by atoms with Gasteiger partial charge in [-0.05, 0) is 17.7 Å². The van der Waals surface area contributed by atoms with E-state index in [0.29, 0.717) is 6.41 Å². The number of aromatic nitrogens is 1. The Labute approximate surface area is 119 Å². The first-order valence-electron chi connectivity index (χ1n) is 6.34. The fraction of sp³-hybridized carbons (Fsp3) is 0.500. The van der Waals surface area contributed by atoms with Gasteiger partial charge in [0.05, 0.1) is 0 Å². The van der Waals surface area contributed by atoms with Crippen molar-refractivity contribution >= 4 is 12.5 Å². The number of ether oxygens (including phenoxy) is 1. The number of nitrogens with zero attached hydrogens (tertiary/aromatic N) is 2. The van der Waals surface area contributed by atoms with E-state index >= 15 is 0 Å². The van der Waals surface area contributed by atoms with Gasteiger partial charge in [0.25, 0.3) is 0 Å². The summed E-state index contributed by atoms with van der Waals surface area (Å²) in [4.78, 5) is 28.0. The minimum atomic E-state index is -0.560. The van der Waals surface area contributed by atoms with Gasteiger partial charge in [0.1, 0.15) is 12.8 Å². The maximum absolute atomic E-state index is 11.8. The molecule has 1 rings (SSSR count). The van der Waals surface area contributed by atoms with Crippen LogP contribution < -0.4 is 5.32 Å². The average molecular weight is 279 g/mol. The van der Waals surface area contributed by atoms with E-state index in [1.165, 1.54) is 4.90 Å². The summed E-state index contributed by atoms with van der Waals surface area (Å²) in [6, 6.07) is 3.54. The van der Waals surface area contributed by atoms with Crippen molar-refractivity contribution in [3.8, 4) is 0 Å². The molecule has 1 heterocycles. The topological polar surface area (TPSA) is 71.5 Å². The van der Waals surface area contributed by atoms with Gasteiger partial charge in [0, 0.05) is 24.9 Å². The molecule has 2 amide bonds. The predicted octanol–water partition coefficient (Wildman–Crippen LogP) is 1.77. The Bertz CT molecular complexity index is 443. The zero-order valence-electron chi connectivity index (χ0n) is 12.3. The first-order chi connectivity index (χ1) is 9.34. The first-order valence-corrected chi connectivity index (χ1v) is 6.34. The lowest BCUT2D eigenvalue weighted by molar-refractivity contribution is -0.121. The van der Waals surface area contributed by atoms with Crippen molar-refractivity contribution in [1.82, 2.24) is 15.2 Å². The van der Waals surface area contributed by atoms with Gasteiger partial charge >= 0.3 is 6.09 Å². The number of amides is 2. The van der Waals surface area contributed by atoms with Crippen molar-refractivity contribution in [1.29, 1.82) is 0 Å². The maximum Gasteiger partial charge on any atom is 0.409 e. The van der Waals surface area contributed by atoms with E-state index in [9.17, 15) is 9.59 Å². The van der Waals surface area contributed by atoms with E-state index in [2.05, 4.69) is 10.3 Å². The fourth-order valence-corrected chi connectivity index (χ4v) is 1.77. The smallest absolute Gasteiger partial charge is 0.409 e. The predicted molar refractivity (Wildman–Crippen MR) is 74.6 cm³/mol. The third-order valence-corrected chi connectivity index (χ3v) is 2.77. The summed E-state index contributed by atoms with van der Waals surface area (Å²) in [7, 11) is 1.62. The first kappa shape index (κ1) is 15.9. The summed E-state index contributed by atoms with van der Waals surface area (Å²) >= 11 is 0. The highest BCUT2D eigenvalue weighted by Gasteiger charge is 2.29. The number of nitrogens with one attached hydrogen (secondary N) is 1. The van der Waals surface area contributed by atoms with Gasteiger partial charge in [-0.3, -0.25) is 9.78 Å². The molecule has 0 aliphatic carbocycles. The zero-order chi connectivity index (χ0) is 15.2. The van der Waals surface area contributed by atoms with E-state index in [-0.39, 0.29) is 12.0 Å². The highest BCUT2D eigenvalue weighted by atomic mass is 16.5. The minimum absolute atomic E-state index is 0.163. The molecule has 0 fully saturated rings. The van der Waals surface area contributed by atoms with Crippen LogP contribution in [0.2, 0.25) is 0 Å². The standard InChI is InChI=1S/C14H21N3O3/c1-14(2,3)12(17(4)10-18)16-13(19)20-9-11-5-7-15-8-6-11/h5-8,10,12H,9H2,1-4H3,(H,16,19). The lowest BCUT2D eigenvalue weighted by Gasteiger charge is -2.35. The highest BCUT2D eigenvalue weighted by molar-refractivity contribution is 5.68. The number of rotatable bonds is 5. The molecule has 1 atom stereocenters. The van der Waals surface area contributed by atoms with Crippen molar-refractivity contribution < 1.29 is 14.3 Å². The van der Waals surface area contributed by atoms with Gasteiger partial charge in [0.15, 0.2) is 0 Å². The fourth-order valence-electron chi connectivity index (χ4n) is 1.77. The van der Waals surface area contributed by atoms with E-state index in [0.717, 1.165) is 5.56 Å². The van der Waals surface area contributed by atoms with E-state index in [1.807, 2.05) is 20.8 Å². The molecule has 6 nitrogen and oxygen atoms in total. The third-order valence-electron chi connectivity index (χ3n) is 2.77. The Balaban J connectivity index is 2.56. The van der Waals surface area contributed by atoms with Gasteiger partial charge in [-0.2, -0.15) is 0 Å². The summed E-state index contributed by atoms with van der Waals surface area (Å²) in [5, 5.41) is 2.70. The SMILES string of the molecule is CN(C=O)C(NC(=O)OCc1ccncc1)C(C)(C)C. The van der Waals surface area contributed by atoms with Crippen LogP contribution in [0.15, 0.2) is 24.5 Å². The lowest BCUT2D eigenvalue weighted by Crippen LogP contribution is -2.53. The number of alkyl carbamates (subject to hydrolysis) is 1. The van der Waals surface area contributed by atoms with Crippen molar-refractivity contribution in [2.45, 2.75) is 33.5 Å². The molecule has 0 saturated carbocycles. The molecule has 0 aliphatic rings. The van der Waals surface area contributed by atoms with Crippen LogP contribution in [0.4, 0.5) is 4.79 Å². The molecule has 1 aromatic rings. The van der Waals surface area contributed by atoms with Crippen molar-refractivity contribution in [2.75, 3.05) is 7.05 Å². The molecule has 0 saturated heterocycles. The van der Waals surface area contributed by atoms with E-state index in [4.69, 9.17) is 4.74 Å². The van der Waals surface area contributed by atoms with Crippen molar-refractivity contribution in [2.24, 2.45) is 5.41 Å². The lowest BCUT2D eigenvalue weighted by atomic mass is 9.91. The second kappa shape index (κ2) is 6.88. The van der Waals surface area contributed by atoms with E-state index < -0.39 is 12.3 Å². The number of carbonyl (C=O) groups is 2. The van der Waals surface area contributed by atoms with Gasteiger partial charge in [0.2, 0.25) is 6.41 Å². The summed E-state index contributed by atoms with van der Waals surface area (Å²) < 4.78 is 5.13. The zero-order valence-corrected chi connectivity index (χ0v) is 12.3. The number of pyridine rings is 1. The monoisotopic (exact) mass is 279 g/mol. The third kappa shape index (κ3) is 4.87. The molecular formula is C14H21N3O3. The van der Waals surface area contributed by atoms with Crippen LogP contribution in [0.5, 0.6) is 0 Å². The summed E-state index contributed by atoms with van der Waals surface area (Å²) in [5.74, 6) is 0. The van der Waals surface area contributed by atoms with Gasteiger partial charge in [-0.15, -0.1) is 0 Å². The molecule has 6 heteroatoms. The minimum Gasteiger partial charge on any atom is -0.445 e. The van der Waals surface area contributed by atoms with Crippen LogP contribution in [0.25, 0.3) is 0 Å². The summed E-state index contributed by atoms with van der Waals surface area (Å²) in [6.07, 6.45) is 2.95. The molecule has 0 spiro atoms. The molecule has 0 bridgehead atoms. The Morgan fingerprint density at radius 3 is 2.55 bits per heavy atom. The maximum atomic E-state index is 11.8. The second-order valence-electron chi connectivity index (χ2n) is 5.62. The Morgan fingerprint density at radius 2 is 2.05 bits per heavy atom. The highest BCUT2D eigenvalue weighted by Crippen LogP contribution is 2.20. The van der Waals surface area contributed by atoms with Crippen LogP contribution in [-0.2, 0) is 16.1 Å². The molecule has 1 N–H and O–H groups in total. The largest absolute Gasteiger partial charge is 0.445 e. The Morgan fingerprint density at radius 1 is 1.45 bits per heavy atom. The van der Waals surface area contributed by atoms with Gasteiger partial charge in [-0.1, -0.05) is 20.8 Å². The molecule has 20 heavy (non-hydrogen) atoms. The van der Waals surface area contributed by atoms with Crippen LogP contribution >= 0.6 is 0 Å². The number of hydrogen-bond acceptors (Lipinski definition) is 4. The molecule has 110 valence electrons. The van der Waals surface area contributed by atoms with Gasteiger partial charge < -0.3 is 15.0 Å². The number of hydrogen-bond donors (Lipinski definition) is 1. The second-order valence-corrected chi connectivity index (χ2v) is 5.62. The normalized spacial score (nSPS) is 12.4. The van der Waals surface area contributed by atoms with Crippen molar-refractivity contribution in [3.63, 3.8) is 0 Å². The van der Waals surface area contributed by atoms with Crippen molar-refractivity contribution in [3.05, 3.63) is 30.1 Å². The Hall–Kier alpha value is -2.11. The Kier molecular flexibility index (Phi) is 5.49. The molecular weight excluding hydrogens is 258 g/mol. The molecule has 0 radical (unpaired) electrons. The van der Waals surface area contributed by atoms with Crippen LogP contribution in [0, 0.1) is 5.41 Å². The quantitative estimate of drug-likeness (QED) is 0.658. The van der Waals surface area contributed by atoms with Gasteiger partial charge in [-0.25, -0.2) is 4.79 Å².